The van der Waals surface area contributed by atoms with E-state index in [9.17, 15) is 0 Å². The number of aryl methyl sites for hydroxylation is 4. The fourth-order valence-electron chi connectivity index (χ4n) is 3.82. The maximum atomic E-state index is 4.55. The van der Waals surface area contributed by atoms with Crippen molar-refractivity contribution in [2.75, 3.05) is 0 Å². The lowest BCUT2D eigenvalue weighted by Gasteiger charge is -2.13. The molecule has 0 atom stereocenters. The molecule has 4 aromatic rings. The van der Waals surface area contributed by atoms with E-state index in [-0.39, 0.29) is 0 Å². The lowest BCUT2D eigenvalue weighted by atomic mass is 9.98. The van der Waals surface area contributed by atoms with E-state index in [2.05, 4.69) is 97.2 Å². The van der Waals surface area contributed by atoms with Gasteiger partial charge in [-0.1, -0.05) is 48.5 Å². The summed E-state index contributed by atoms with van der Waals surface area (Å²) in [6, 6.07) is 23.5. The molecular formula is C24H24N3+. The third-order valence-corrected chi connectivity index (χ3v) is 5.10. The van der Waals surface area contributed by atoms with Crippen LogP contribution in [0.5, 0.6) is 0 Å². The molecule has 0 aliphatic rings. The van der Waals surface area contributed by atoms with Crippen LogP contribution in [-0.2, 0) is 7.05 Å². The number of rotatable bonds is 3. The van der Waals surface area contributed by atoms with Crippen molar-refractivity contribution < 1.29 is 4.57 Å². The molecule has 0 aliphatic heterocycles. The molecule has 4 rings (SSSR count). The second-order valence-corrected chi connectivity index (χ2v) is 7.09. The highest BCUT2D eigenvalue weighted by Crippen LogP contribution is 2.27. The first kappa shape index (κ1) is 17.2. The van der Waals surface area contributed by atoms with Gasteiger partial charge in [0.15, 0.2) is 0 Å². The molecule has 0 N–H and O–H groups in total. The second kappa shape index (κ2) is 6.84. The SMILES string of the molecule is Cc1ccccc1-c1n(C)nc[n+]1-c1c(C)cc(-c2ccccc2)cc1C. The van der Waals surface area contributed by atoms with Gasteiger partial charge in [0, 0.05) is 5.10 Å². The lowest BCUT2D eigenvalue weighted by Crippen LogP contribution is -2.34. The molecule has 3 nitrogen and oxygen atoms in total. The average Bonchev–Trinajstić information content (AvgIpc) is 3.03. The van der Waals surface area contributed by atoms with Crippen LogP contribution in [0.15, 0.2) is 73.1 Å². The summed E-state index contributed by atoms with van der Waals surface area (Å²) in [6.45, 7) is 6.50. The van der Waals surface area contributed by atoms with Gasteiger partial charge in [0.2, 0.25) is 0 Å². The van der Waals surface area contributed by atoms with Crippen molar-refractivity contribution in [2.24, 2.45) is 7.05 Å². The summed E-state index contributed by atoms with van der Waals surface area (Å²) >= 11 is 0. The molecular weight excluding hydrogens is 330 g/mol. The van der Waals surface area contributed by atoms with E-state index >= 15 is 0 Å². The fraction of sp³-hybridized carbons (Fsp3) is 0.167. The Morgan fingerprint density at radius 1 is 0.741 bits per heavy atom. The predicted molar refractivity (Wildman–Crippen MR) is 110 cm³/mol. The number of hydrogen-bond donors (Lipinski definition) is 0. The molecule has 0 amide bonds. The largest absolute Gasteiger partial charge is 0.272 e. The molecule has 1 heterocycles. The highest BCUT2D eigenvalue weighted by atomic mass is 15.4. The zero-order valence-electron chi connectivity index (χ0n) is 16.3. The smallest absolute Gasteiger partial charge is 0.196 e. The predicted octanol–water partition coefficient (Wildman–Crippen LogP) is 4.96. The molecule has 0 spiro atoms. The van der Waals surface area contributed by atoms with Gasteiger partial charge in [0.25, 0.3) is 12.2 Å². The molecule has 0 saturated carbocycles. The van der Waals surface area contributed by atoms with Crippen molar-refractivity contribution >= 4 is 0 Å². The molecule has 134 valence electrons. The van der Waals surface area contributed by atoms with Crippen LogP contribution in [0.4, 0.5) is 0 Å². The Kier molecular flexibility index (Phi) is 4.36. The minimum Gasteiger partial charge on any atom is -0.196 e. The maximum Gasteiger partial charge on any atom is 0.272 e. The van der Waals surface area contributed by atoms with Crippen molar-refractivity contribution in [2.45, 2.75) is 20.8 Å². The summed E-state index contributed by atoms with van der Waals surface area (Å²) < 4.78 is 4.16. The molecule has 27 heavy (non-hydrogen) atoms. The van der Waals surface area contributed by atoms with Gasteiger partial charge in [0.05, 0.1) is 12.6 Å². The first-order valence-electron chi connectivity index (χ1n) is 9.23. The molecule has 0 aliphatic carbocycles. The fourth-order valence-corrected chi connectivity index (χ4v) is 3.82. The summed E-state index contributed by atoms with van der Waals surface area (Å²) in [4.78, 5) is 0. The van der Waals surface area contributed by atoms with Crippen LogP contribution in [0.3, 0.4) is 0 Å². The average molecular weight is 354 g/mol. The normalized spacial score (nSPS) is 11.0. The number of hydrogen-bond acceptors (Lipinski definition) is 1. The first-order chi connectivity index (χ1) is 13.1. The van der Waals surface area contributed by atoms with Crippen LogP contribution in [0.1, 0.15) is 16.7 Å². The molecule has 1 aromatic heterocycles. The number of benzene rings is 3. The highest BCUT2D eigenvalue weighted by Gasteiger charge is 2.23. The summed E-state index contributed by atoms with van der Waals surface area (Å²) in [6.07, 6.45) is 1.92. The van der Waals surface area contributed by atoms with Gasteiger partial charge < -0.3 is 0 Å². The van der Waals surface area contributed by atoms with E-state index in [0.717, 1.165) is 5.82 Å². The summed E-state index contributed by atoms with van der Waals surface area (Å²) in [7, 11) is 2.00. The van der Waals surface area contributed by atoms with Crippen LogP contribution < -0.4 is 4.57 Å². The van der Waals surface area contributed by atoms with Gasteiger partial charge in [-0.3, -0.25) is 0 Å². The Labute approximate surface area is 160 Å². The molecule has 3 aromatic carbocycles. The van der Waals surface area contributed by atoms with Crippen LogP contribution in [0, 0.1) is 20.8 Å². The zero-order chi connectivity index (χ0) is 19.0. The van der Waals surface area contributed by atoms with E-state index in [1.165, 1.54) is 39.1 Å². The van der Waals surface area contributed by atoms with Gasteiger partial charge in [-0.05, 0) is 66.8 Å². The third kappa shape index (κ3) is 3.06. The van der Waals surface area contributed by atoms with Gasteiger partial charge in [-0.25, -0.2) is 0 Å². The Balaban J connectivity index is 1.90. The molecule has 3 heteroatoms. The number of aromatic nitrogens is 3. The Morgan fingerprint density at radius 3 is 2.04 bits per heavy atom. The van der Waals surface area contributed by atoms with E-state index < -0.39 is 0 Å². The van der Waals surface area contributed by atoms with Crippen LogP contribution >= 0.6 is 0 Å². The van der Waals surface area contributed by atoms with Crippen LogP contribution in [0.2, 0.25) is 0 Å². The monoisotopic (exact) mass is 354 g/mol. The summed E-state index contributed by atoms with van der Waals surface area (Å²) in [5, 5.41) is 4.55. The second-order valence-electron chi connectivity index (χ2n) is 7.09. The molecule has 0 unspecified atom stereocenters. The van der Waals surface area contributed by atoms with Gasteiger partial charge in [-0.2, -0.15) is 4.57 Å². The van der Waals surface area contributed by atoms with E-state index in [0.29, 0.717) is 0 Å². The van der Waals surface area contributed by atoms with Crippen LogP contribution in [0.25, 0.3) is 28.2 Å². The topological polar surface area (TPSA) is 21.7 Å². The van der Waals surface area contributed by atoms with Crippen molar-refractivity contribution in [1.29, 1.82) is 0 Å². The van der Waals surface area contributed by atoms with Crippen molar-refractivity contribution in [3.05, 3.63) is 89.7 Å². The van der Waals surface area contributed by atoms with Crippen molar-refractivity contribution in [3.63, 3.8) is 0 Å². The van der Waals surface area contributed by atoms with Crippen LogP contribution in [-0.4, -0.2) is 9.78 Å². The van der Waals surface area contributed by atoms with Gasteiger partial charge in [0.1, 0.15) is 5.69 Å². The van der Waals surface area contributed by atoms with Crippen molar-refractivity contribution in [3.8, 4) is 28.2 Å². The minimum atomic E-state index is 1.09. The Hall–Kier alpha value is -3.20. The quantitative estimate of drug-likeness (QED) is 0.477. The van der Waals surface area contributed by atoms with E-state index in [1.807, 2.05) is 18.1 Å². The molecule has 0 radical (unpaired) electrons. The molecule has 0 fully saturated rings. The standard InChI is InChI=1S/C24H24N3/c1-17-10-8-9-13-22(17)24-26(4)25-16-27(24)23-18(2)14-21(15-19(23)3)20-11-6-5-7-12-20/h5-16H,1-4H3/q+1. The van der Waals surface area contributed by atoms with Crippen molar-refractivity contribution in [1.82, 2.24) is 9.78 Å². The molecule has 0 bridgehead atoms. The summed E-state index contributed by atoms with van der Waals surface area (Å²) in [5.74, 6) is 1.09. The summed E-state index contributed by atoms with van der Waals surface area (Å²) in [5.41, 5.74) is 8.60. The zero-order valence-corrected chi connectivity index (χ0v) is 16.3. The first-order valence-corrected chi connectivity index (χ1v) is 9.23. The third-order valence-electron chi connectivity index (χ3n) is 5.10. The number of nitrogens with zero attached hydrogens (tertiary/aromatic N) is 3. The molecule has 0 saturated heterocycles. The Morgan fingerprint density at radius 2 is 1.37 bits per heavy atom. The lowest BCUT2D eigenvalue weighted by molar-refractivity contribution is -0.585. The van der Waals surface area contributed by atoms with Gasteiger partial charge in [-0.15, -0.1) is 4.68 Å². The maximum absolute atomic E-state index is 4.55. The van der Waals surface area contributed by atoms with E-state index in [4.69, 9.17) is 0 Å². The minimum absolute atomic E-state index is 1.09. The van der Waals surface area contributed by atoms with Gasteiger partial charge >= 0.3 is 0 Å². The Bertz CT molecular complexity index is 1080. The highest BCUT2D eigenvalue weighted by molar-refractivity contribution is 5.67. The van der Waals surface area contributed by atoms with E-state index in [1.54, 1.807) is 0 Å².